The number of rotatable bonds is 7. The smallest absolute Gasteiger partial charge is 0.143 e. The van der Waals surface area contributed by atoms with Crippen molar-refractivity contribution in [3.05, 3.63) is 237 Å². The molecule has 0 unspecified atom stereocenters. The molecule has 0 fully saturated rings. The Bertz CT molecular complexity index is 3040. The standard InChI is InChI=1S/C58H39NO/c1-4-13-40(14-5-1)43-23-30-49(31-24-43)59(50-32-25-44(26-33-50)41-15-6-2-7-16-41)51-34-27-45(28-35-51)52-21-12-22-54-56-38-47-20-11-10-19-46(47)37-55(56)53-36-29-48(39-57(53)60-58(52)54)42-17-8-3-9-18-42/h1-39H. The Morgan fingerprint density at radius 3 is 1.17 bits per heavy atom. The van der Waals surface area contributed by atoms with Crippen molar-refractivity contribution < 1.29 is 4.74 Å². The molecule has 0 bridgehead atoms. The number of hydrogen-bond acceptors (Lipinski definition) is 2. The van der Waals surface area contributed by atoms with Crippen LogP contribution in [-0.2, 0) is 0 Å². The van der Waals surface area contributed by atoms with Crippen molar-refractivity contribution in [2.24, 2.45) is 0 Å². The van der Waals surface area contributed by atoms with Gasteiger partial charge in [0.1, 0.15) is 11.5 Å². The maximum absolute atomic E-state index is 7.16. The molecule has 0 amide bonds. The van der Waals surface area contributed by atoms with Crippen LogP contribution < -0.4 is 9.64 Å². The maximum Gasteiger partial charge on any atom is 0.143 e. The first-order valence-corrected chi connectivity index (χ1v) is 20.5. The van der Waals surface area contributed by atoms with E-state index < -0.39 is 0 Å². The van der Waals surface area contributed by atoms with Crippen LogP contribution in [0.1, 0.15) is 0 Å². The van der Waals surface area contributed by atoms with E-state index in [0.29, 0.717) is 0 Å². The average molecular weight is 766 g/mol. The fourth-order valence-electron chi connectivity index (χ4n) is 8.63. The van der Waals surface area contributed by atoms with Crippen LogP contribution in [0.3, 0.4) is 0 Å². The number of benzene rings is 10. The molecule has 282 valence electrons. The van der Waals surface area contributed by atoms with E-state index in [1.165, 1.54) is 38.6 Å². The number of anilines is 3. The predicted molar refractivity (Wildman–Crippen MR) is 251 cm³/mol. The largest absolute Gasteiger partial charge is 0.455 e. The molecule has 0 spiro atoms. The Hall–Kier alpha value is -7.94. The van der Waals surface area contributed by atoms with Gasteiger partial charge in [0.2, 0.25) is 0 Å². The van der Waals surface area contributed by atoms with E-state index in [9.17, 15) is 0 Å². The van der Waals surface area contributed by atoms with E-state index in [1.54, 1.807) is 0 Å². The topological polar surface area (TPSA) is 12.5 Å². The molecule has 0 aliphatic carbocycles. The van der Waals surface area contributed by atoms with Gasteiger partial charge in [-0.3, -0.25) is 0 Å². The van der Waals surface area contributed by atoms with Crippen molar-refractivity contribution >= 4 is 27.8 Å². The lowest BCUT2D eigenvalue weighted by Gasteiger charge is -2.26. The van der Waals surface area contributed by atoms with E-state index in [2.05, 4.69) is 241 Å². The van der Waals surface area contributed by atoms with E-state index in [0.717, 1.165) is 67.5 Å². The molecule has 2 heteroatoms. The number of fused-ring (bicyclic) bond motifs is 6. The van der Waals surface area contributed by atoms with Crippen molar-refractivity contribution in [1.82, 2.24) is 0 Å². The summed E-state index contributed by atoms with van der Waals surface area (Å²) in [6.07, 6.45) is 0. The van der Waals surface area contributed by atoms with Gasteiger partial charge in [0, 0.05) is 33.8 Å². The molecule has 0 N–H and O–H groups in total. The molecule has 0 radical (unpaired) electrons. The summed E-state index contributed by atoms with van der Waals surface area (Å²) in [5.41, 5.74) is 16.9. The van der Waals surface area contributed by atoms with Crippen molar-refractivity contribution in [1.29, 1.82) is 0 Å². The van der Waals surface area contributed by atoms with Gasteiger partial charge in [0.25, 0.3) is 0 Å². The second-order valence-corrected chi connectivity index (χ2v) is 15.3. The van der Waals surface area contributed by atoms with Crippen LogP contribution in [0.5, 0.6) is 11.5 Å². The molecule has 0 saturated heterocycles. The number of ether oxygens (including phenoxy) is 1. The van der Waals surface area contributed by atoms with Crippen LogP contribution >= 0.6 is 0 Å². The van der Waals surface area contributed by atoms with Crippen molar-refractivity contribution in [2.75, 3.05) is 4.90 Å². The van der Waals surface area contributed by atoms with Gasteiger partial charge in [-0.25, -0.2) is 0 Å². The molecule has 1 aliphatic heterocycles. The zero-order valence-electron chi connectivity index (χ0n) is 32.9. The fourth-order valence-corrected chi connectivity index (χ4v) is 8.63. The highest BCUT2D eigenvalue weighted by molar-refractivity contribution is 6.01. The second kappa shape index (κ2) is 15.1. The Labute approximate surface area is 350 Å². The zero-order chi connectivity index (χ0) is 39.8. The molecule has 60 heavy (non-hydrogen) atoms. The summed E-state index contributed by atoms with van der Waals surface area (Å²) >= 11 is 0. The molecular formula is C58H39NO. The summed E-state index contributed by atoms with van der Waals surface area (Å²) in [6.45, 7) is 0. The minimum absolute atomic E-state index is 0.847. The first-order valence-electron chi connectivity index (χ1n) is 20.5. The highest BCUT2D eigenvalue weighted by atomic mass is 16.5. The minimum Gasteiger partial charge on any atom is -0.455 e. The molecule has 0 saturated carbocycles. The Kier molecular flexibility index (Phi) is 8.87. The first kappa shape index (κ1) is 35.2. The lowest BCUT2D eigenvalue weighted by molar-refractivity contribution is 0.490. The highest BCUT2D eigenvalue weighted by Crippen LogP contribution is 2.52. The highest BCUT2D eigenvalue weighted by Gasteiger charge is 2.25. The van der Waals surface area contributed by atoms with Gasteiger partial charge < -0.3 is 9.64 Å². The Morgan fingerprint density at radius 2 is 0.650 bits per heavy atom. The minimum atomic E-state index is 0.847. The predicted octanol–water partition coefficient (Wildman–Crippen LogP) is 16.4. The zero-order valence-corrected chi connectivity index (χ0v) is 32.9. The number of nitrogens with zero attached hydrogens (tertiary/aromatic N) is 1. The van der Waals surface area contributed by atoms with Crippen molar-refractivity contribution in [3.63, 3.8) is 0 Å². The Balaban J connectivity index is 1.02. The monoisotopic (exact) mass is 765 g/mol. The van der Waals surface area contributed by atoms with Gasteiger partial charge in [0.15, 0.2) is 0 Å². The molecule has 2 nitrogen and oxygen atoms in total. The third kappa shape index (κ3) is 6.51. The van der Waals surface area contributed by atoms with Gasteiger partial charge >= 0.3 is 0 Å². The van der Waals surface area contributed by atoms with Gasteiger partial charge in [-0.15, -0.1) is 0 Å². The molecule has 0 atom stereocenters. The second-order valence-electron chi connectivity index (χ2n) is 15.3. The third-order valence-corrected chi connectivity index (χ3v) is 11.7. The van der Waals surface area contributed by atoms with E-state index in [4.69, 9.17) is 4.74 Å². The van der Waals surface area contributed by atoms with Crippen molar-refractivity contribution in [2.45, 2.75) is 0 Å². The Morgan fingerprint density at radius 1 is 0.250 bits per heavy atom. The summed E-state index contributed by atoms with van der Waals surface area (Å²) in [5.74, 6) is 1.70. The van der Waals surface area contributed by atoms with Crippen LogP contribution in [0.4, 0.5) is 17.1 Å². The molecule has 1 aliphatic rings. The van der Waals surface area contributed by atoms with Gasteiger partial charge in [-0.05, 0) is 122 Å². The molecule has 1 heterocycles. The third-order valence-electron chi connectivity index (χ3n) is 11.7. The van der Waals surface area contributed by atoms with E-state index >= 15 is 0 Å². The molecule has 0 aromatic heterocycles. The van der Waals surface area contributed by atoms with Gasteiger partial charge in [0.05, 0.1) is 0 Å². The van der Waals surface area contributed by atoms with E-state index in [-0.39, 0.29) is 0 Å². The van der Waals surface area contributed by atoms with Crippen LogP contribution in [0.2, 0.25) is 0 Å². The lowest BCUT2D eigenvalue weighted by atomic mass is 9.89. The fraction of sp³-hybridized carbons (Fsp3) is 0. The number of hydrogen-bond donors (Lipinski definition) is 0. The van der Waals surface area contributed by atoms with Crippen LogP contribution in [-0.4, -0.2) is 0 Å². The SMILES string of the molecule is c1ccc(-c2ccc(N(c3ccc(-c4ccccc4)cc3)c3ccc(-c4cccc5c4Oc4cc(-c6ccccc6)ccc4-c4cc6ccccc6cc4-5)cc3)cc2)cc1. The molecular weight excluding hydrogens is 727 g/mol. The maximum atomic E-state index is 7.16. The summed E-state index contributed by atoms with van der Waals surface area (Å²) in [5, 5.41) is 2.41. The van der Waals surface area contributed by atoms with Crippen LogP contribution in [0, 0.1) is 0 Å². The number of para-hydroxylation sites is 1. The quantitative estimate of drug-likeness (QED) is 0.160. The van der Waals surface area contributed by atoms with E-state index in [1.807, 2.05) is 0 Å². The summed E-state index contributed by atoms with van der Waals surface area (Å²) in [4.78, 5) is 2.33. The average Bonchev–Trinajstić information content (AvgIpc) is 3.46. The molecule has 10 aromatic rings. The summed E-state index contributed by atoms with van der Waals surface area (Å²) in [6, 6.07) is 84.7. The molecule has 11 rings (SSSR count). The summed E-state index contributed by atoms with van der Waals surface area (Å²) < 4.78 is 7.16. The van der Waals surface area contributed by atoms with Crippen LogP contribution in [0.25, 0.3) is 77.5 Å². The summed E-state index contributed by atoms with van der Waals surface area (Å²) in [7, 11) is 0. The molecule has 10 aromatic carbocycles. The normalized spacial score (nSPS) is 11.5. The van der Waals surface area contributed by atoms with Crippen LogP contribution in [0.15, 0.2) is 237 Å². The van der Waals surface area contributed by atoms with Crippen molar-refractivity contribution in [3.8, 4) is 78.3 Å². The lowest BCUT2D eigenvalue weighted by Crippen LogP contribution is -2.09. The van der Waals surface area contributed by atoms with Gasteiger partial charge in [-0.1, -0.05) is 176 Å². The first-order chi connectivity index (χ1) is 29.7. The van der Waals surface area contributed by atoms with Gasteiger partial charge in [-0.2, -0.15) is 0 Å².